The third-order valence-electron chi connectivity index (χ3n) is 3.94. The standard InChI is InChI=1S/C18H14F4N4O/c19-15-12-25(10-11-26(15)17-23-8-1-9-24-17)16(27)7-4-13-2-5-14(6-3-13)18(20,21)22/h1-3,5-6,8-9,15H,10-12H2. The first-order valence-electron chi connectivity index (χ1n) is 8.00. The molecule has 1 unspecified atom stereocenters. The second kappa shape index (κ2) is 7.61. The predicted molar refractivity (Wildman–Crippen MR) is 89.2 cm³/mol. The minimum absolute atomic E-state index is 0.196. The van der Waals surface area contributed by atoms with Crippen molar-refractivity contribution in [3.8, 4) is 11.8 Å². The van der Waals surface area contributed by atoms with Crippen LogP contribution < -0.4 is 4.90 Å². The molecule has 140 valence electrons. The van der Waals surface area contributed by atoms with Crippen LogP contribution in [0.15, 0.2) is 42.7 Å². The maximum Gasteiger partial charge on any atom is 0.416 e. The van der Waals surface area contributed by atoms with E-state index in [1.54, 1.807) is 6.07 Å². The van der Waals surface area contributed by atoms with Crippen molar-refractivity contribution < 1.29 is 22.4 Å². The number of carbonyl (C=O) groups is 1. The van der Waals surface area contributed by atoms with Gasteiger partial charge in [0.2, 0.25) is 5.95 Å². The molecule has 1 aromatic carbocycles. The lowest BCUT2D eigenvalue weighted by Gasteiger charge is -2.36. The van der Waals surface area contributed by atoms with Gasteiger partial charge in [-0.05, 0) is 30.3 Å². The first-order valence-corrected chi connectivity index (χ1v) is 8.00. The van der Waals surface area contributed by atoms with Crippen LogP contribution in [0.3, 0.4) is 0 Å². The topological polar surface area (TPSA) is 49.3 Å². The molecule has 2 aromatic rings. The van der Waals surface area contributed by atoms with Gasteiger partial charge in [0, 0.05) is 37.0 Å². The molecular formula is C18H14F4N4O. The number of aromatic nitrogens is 2. The molecule has 1 aliphatic heterocycles. The van der Waals surface area contributed by atoms with Crippen molar-refractivity contribution in [1.29, 1.82) is 0 Å². The average molecular weight is 378 g/mol. The van der Waals surface area contributed by atoms with E-state index in [0.717, 1.165) is 12.1 Å². The van der Waals surface area contributed by atoms with Crippen LogP contribution >= 0.6 is 0 Å². The SMILES string of the molecule is O=C(C#Cc1ccc(C(F)(F)F)cc1)N1CCN(c2ncccn2)C(F)C1. The number of rotatable bonds is 1. The van der Waals surface area contributed by atoms with Crippen molar-refractivity contribution in [2.24, 2.45) is 0 Å². The molecular weight excluding hydrogens is 364 g/mol. The average Bonchev–Trinajstić information content (AvgIpc) is 2.66. The number of benzene rings is 1. The molecule has 0 radical (unpaired) electrons. The van der Waals surface area contributed by atoms with Gasteiger partial charge in [0.1, 0.15) is 0 Å². The molecule has 9 heteroatoms. The van der Waals surface area contributed by atoms with E-state index in [-0.39, 0.29) is 31.1 Å². The summed E-state index contributed by atoms with van der Waals surface area (Å²) in [4.78, 5) is 22.7. The van der Waals surface area contributed by atoms with Gasteiger partial charge < -0.3 is 9.80 Å². The van der Waals surface area contributed by atoms with Crippen LogP contribution in [0.25, 0.3) is 0 Å². The smallest absolute Gasteiger partial charge is 0.325 e. The first-order chi connectivity index (χ1) is 12.8. The fraction of sp³-hybridized carbons (Fsp3) is 0.278. The number of carbonyl (C=O) groups excluding carboxylic acids is 1. The molecule has 5 nitrogen and oxygen atoms in total. The summed E-state index contributed by atoms with van der Waals surface area (Å²) >= 11 is 0. The Hall–Kier alpha value is -3.15. The summed E-state index contributed by atoms with van der Waals surface area (Å²) in [5.41, 5.74) is -0.525. The number of hydrogen-bond acceptors (Lipinski definition) is 4. The lowest BCUT2D eigenvalue weighted by Crippen LogP contribution is -2.53. The maximum absolute atomic E-state index is 14.4. The molecule has 1 aromatic heterocycles. The Balaban J connectivity index is 1.62. The van der Waals surface area contributed by atoms with E-state index in [2.05, 4.69) is 21.8 Å². The lowest BCUT2D eigenvalue weighted by molar-refractivity contribution is -0.137. The quantitative estimate of drug-likeness (QED) is 0.435. The van der Waals surface area contributed by atoms with Gasteiger partial charge in [0.25, 0.3) is 5.91 Å². The third-order valence-corrected chi connectivity index (χ3v) is 3.94. The number of amides is 1. The fourth-order valence-corrected chi connectivity index (χ4v) is 2.54. The molecule has 1 atom stereocenters. The van der Waals surface area contributed by atoms with Gasteiger partial charge in [-0.15, -0.1) is 0 Å². The van der Waals surface area contributed by atoms with E-state index in [4.69, 9.17) is 0 Å². The third kappa shape index (κ3) is 4.53. The predicted octanol–water partition coefficient (Wildman–Crippen LogP) is 2.49. The summed E-state index contributed by atoms with van der Waals surface area (Å²) in [5, 5.41) is 0. The molecule has 1 aliphatic rings. The van der Waals surface area contributed by atoms with Crippen LogP contribution in [0.4, 0.5) is 23.5 Å². The fourth-order valence-electron chi connectivity index (χ4n) is 2.54. The highest BCUT2D eigenvalue weighted by Gasteiger charge is 2.31. The Bertz CT molecular complexity index is 859. The van der Waals surface area contributed by atoms with E-state index in [1.165, 1.54) is 34.3 Å². The van der Waals surface area contributed by atoms with Crippen LogP contribution in [0, 0.1) is 11.8 Å². The van der Waals surface area contributed by atoms with Crippen molar-refractivity contribution in [2.45, 2.75) is 12.5 Å². The number of halogens is 4. The summed E-state index contributed by atoms with van der Waals surface area (Å²) in [7, 11) is 0. The van der Waals surface area contributed by atoms with Gasteiger partial charge in [-0.2, -0.15) is 13.2 Å². The van der Waals surface area contributed by atoms with Gasteiger partial charge in [0.05, 0.1) is 12.1 Å². The summed E-state index contributed by atoms with van der Waals surface area (Å²) in [6.07, 6.45) is -2.90. The Morgan fingerprint density at radius 3 is 2.37 bits per heavy atom. The second-order valence-electron chi connectivity index (χ2n) is 5.75. The van der Waals surface area contributed by atoms with E-state index < -0.39 is 23.9 Å². The normalized spacial score (nSPS) is 17.3. The Morgan fingerprint density at radius 2 is 1.78 bits per heavy atom. The minimum atomic E-state index is -4.43. The highest BCUT2D eigenvalue weighted by atomic mass is 19.4. The zero-order chi connectivity index (χ0) is 19.4. The van der Waals surface area contributed by atoms with Crippen molar-refractivity contribution in [2.75, 3.05) is 24.5 Å². The molecule has 27 heavy (non-hydrogen) atoms. The van der Waals surface area contributed by atoms with E-state index in [9.17, 15) is 22.4 Å². The van der Waals surface area contributed by atoms with Gasteiger partial charge in [-0.1, -0.05) is 5.92 Å². The lowest BCUT2D eigenvalue weighted by atomic mass is 10.1. The van der Waals surface area contributed by atoms with Crippen molar-refractivity contribution in [3.05, 3.63) is 53.9 Å². The number of anilines is 1. The summed E-state index contributed by atoms with van der Waals surface area (Å²) in [5.74, 6) is 4.50. The monoisotopic (exact) mass is 378 g/mol. The molecule has 0 spiro atoms. The minimum Gasteiger partial charge on any atom is -0.325 e. The van der Waals surface area contributed by atoms with Crippen LogP contribution in [-0.4, -0.2) is 46.7 Å². The van der Waals surface area contributed by atoms with E-state index in [1.807, 2.05) is 0 Å². The van der Waals surface area contributed by atoms with E-state index >= 15 is 0 Å². The molecule has 0 N–H and O–H groups in total. The molecule has 1 saturated heterocycles. The van der Waals surface area contributed by atoms with Crippen LogP contribution in [0.1, 0.15) is 11.1 Å². The number of piperazine rings is 1. The molecule has 3 rings (SSSR count). The van der Waals surface area contributed by atoms with E-state index in [0.29, 0.717) is 0 Å². The summed E-state index contributed by atoms with van der Waals surface area (Å²) in [6, 6.07) is 5.78. The van der Waals surface area contributed by atoms with Crippen LogP contribution in [0.2, 0.25) is 0 Å². The number of alkyl halides is 4. The van der Waals surface area contributed by atoms with Crippen LogP contribution in [0.5, 0.6) is 0 Å². The second-order valence-corrected chi connectivity index (χ2v) is 5.75. The zero-order valence-electron chi connectivity index (χ0n) is 13.9. The van der Waals surface area contributed by atoms with Crippen molar-refractivity contribution >= 4 is 11.9 Å². The molecule has 1 amide bonds. The maximum atomic E-state index is 14.4. The summed E-state index contributed by atoms with van der Waals surface area (Å²) in [6.45, 7) is 0.247. The Labute approximate surface area is 152 Å². The van der Waals surface area contributed by atoms with Gasteiger partial charge >= 0.3 is 6.18 Å². The number of hydrogen-bond donors (Lipinski definition) is 0. The van der Waals surface area contributed by atoms with Gasteiger partial charge in [0.15, 0.2) is 6.30 Å². The van der Waals surface area contributed by atoms with Crippen molar-refractivity contribution in [3.63, 3.8) is 0 Å². The Kier molecular flexibility index (Phi) is 5.26. The molecule has 0 saturated carbocycles. The summed E-state index contributed by atoms with van der Waals surface area (Å²) < 4.78 is 51.9. The largest absolute Gasteiger partial charge is 0.416 e. The highest BCUT2D eigenvalue weighted by molar-refractivity contribution is 5.94. The number of nitrogens with zero attached hydrogens (tertiary/aromatic N) is 4. The molecule has 2 heterocycles. The molecule has 0 bridgehead atoms. The van der Waals surface area contributed by atoms with Crippen LogP contribution in [-0.2, 0) is 11.0 Å². The van der Waals surface area contributed by atoms with Gasteiger partial charge in [-0.25, -0.2) is 14.4 Å². The zero-order valence-corrected chi connectivity index (χ0v) is 13.9. The first kappa shape index (κ1) is 18.6. The highest BCUT2D eigenvalue weighted by Crippen LogP contribution is 2.28. The Morgan fingerprint density at radius 1 is 1.11 bits per heavy atom. The van der Waals surface area contributed by atoms with Gasteiger partial charge in [-0.3, -0.25) is 4.79 Å². The van der Waals surface area contributed by atoms with Crippen molar-refractivity contribution in [1.82, 2.24) is 14.9 Å². The molecule has 0 aliphatic carbocycles. The molecule has 1 fully saturated rings.